The summed E-state index contributed by atoms with van der Waals surface area (Å²) in [6.45, 7) is 3.66. The third kappa shape index (κ3) is 3.75. The Labute approximate surface area is 93.7 Å². The van der Waals surface area contributed by atoms with Crippen LogP contribution in [0.2, 0.25) is 0 Å². The van der Waals surface area contributed by atoms with Crippen molar-refractivity contribution in [2.75, 3.05) is 7.11 Å². The van der Waals surface area contributed by atoms with E-state index in [9.17, 15) is 4.79 Å². The summed E-state index contributed by atoms with van der Waals surface area (Å²) in [6.07, 6.45) is 0. The second-order valence-corrected chi connectivity index (χ2v) is 3.91. The molecular formula is C11H13NO2S. The molecule has 3 nitrogen and oxygen atoms in total. The normalized spacial score (nSPS) is 11.3. The SMILES string of the molecule is COC(=O)/C(C)=N/Sc1ccc(C)cc1. The van der Waals surface area contributed by atoms with Crippen LogP contribution in [0.1, 0.15) is 12.5 Å². The highest BCUT2D eigenvalue weighted by Gasteiger charge is 2.04. The van der Waals surface area contributed by atoms with Gasteiger partial charge in [-0.25, -0.2) is 9.19 Å². The fourth-order valence-electron chi connectivity index (χ4n) is 0.905. The summed E-state index contributed by atoms with van der Waals surface area (Å²) >= 11 is 1.27. The number of hydrogen-bond acceptors (Lipinski definition) is 4. The Bertz CT molecular complexity index is 371. The van der Waals surface area contributed by atoms with E-state index >= 15 is 0 Å². The lowest BCUT2D eigenvalue weighted by atomic mass is 10.2. The van der Waals surface area contributed by atoms with Crippen LogP contribution in [0.5, 0.6) is 0 Å². The quantitative estimate of drug-likeness (QED) is 0.449. The van der Waals surface area contributed by atoms with Crippen LogP contribution in [-0.4, -0.2) is 18.8 Å². The number of carbonyl (C=O) groups is 1. The Balaban J connectivity index is 2.63. The molecule has 0 aliphatic rings. The van der Waals surface area contributed by atoms with Gasteiger partial charge in [-0.1, -0.05) is 17.7 Å². The number of aryl methyl sites for hydroxylation is 1. The number of carbonyl (C=O) groups excluding carboxylic acids is 1. The van der Waals surface area contributed by atoms with E-state index in [0.717, 1.165) is 4.90 Å². The monoisotopic (exact) mass is 223 g/mol. The Morgan fingerprint density at radius 3 is 2.47 bits per heavy atom. The molecule has 0 aromatic heterocycles. The lowest BCUT2D eigenvalue weighted by molar-refractivity contribution is -0.132. The first-order valence-corrected chi connectivity index (χ1v) is 5.27. The van der Waals surface area contributed by atoms with Crippen molar-refractivity contribution in [1.29, 1.82) is 0 Å². The molecule has 0 fully saturated rings. The van der Waals surface area contributed by atoms with Crippen LogP contribution in [0.25, 0.3) is 0 Å². The summed E-state index contributed by atoms with van der Waals surface area (Å²) in [5.74, 6) is -0.394. The molecule has 0 N–H and O–H groups in total. The van der Waals surface area contributed by atoms with E-state index in [0.29, 0.717) is 5.71 Å². The molecule has 0 spiro atoms. The van der Waals surface area contributed by atoms with Gasteiger partial charge in [-0.3, -0.25) is 0 Å². The van der Waals surface area contributed by atoms with Crippen molar-refractivity contribution in [3.63, 3.8) is 0 Å². The average Bonchev–Trinajstić information content (AvgIpc) is 2.26. The Morgan fingerprint density at radius 2 is 1.93 bits per heavy atom. The molecule has 1 aromatic carbocycles. The summed E-state index contributed by atoms with van der Waals surface area (Å²) < 4.78 is 8.59. The molecule has 0 saturated carbocycles. The van der Waals surface area contributed by atoms with Crippen LogP contribution in [0.15, 0.2) is 33.6 Å². The van der Waals surface area contributed by atoms with Crippen molar-refractivity contribution >= 4 is 23.6 Å². The molecule has 0 unspecified atom stereocenters. The van der Waals surface area contributed by atoms with E-state index in [2.05, 4.69) is 9.13 Å². The van der Waals surface area contributed by atoms with E-state index in [1.54, 1.807) is 6.92 Å². The van der Waals surface area contributed by atoms with Crippen LogP contribution in [0.3, 0.4) is 0 Å². The number of esters is 1. The van der Waals surface area contributed by atoms with Crippen LogP contribution < -0.4 is 0 Å². The molecule has 1 rings (SSSR count). The fraction of sp³-hybridized carbons (Fsp3) is 0.273. The number of rotatable bonds is 3. The summed E-state index contributed by atoms with van der Waals surface area (Å²) in [4.78, 5) is 12.0. The van der Waals surface area contributed by atoms with Crippen LogP contribution in [0.4, 0.5) is 0 Å². The minimum absolute atomic E-state index is 0.364. The number of ether oxygens (including phenoxy) is 1. The first-order valence-electron chi connectivity index (χ1n) is 4.50. The van der Waals surface area contributed by atoms with Crippen molar-refractivity contribution in [3.05, 3.63) is 29.8 Å². The maximum atomic E-state index is 11.0. The lowest BCUT2D eigenvalue weighted by Crippen LogP contribution is -2.10. The van der Waals surface area contributed by atoms with Crippen molar-refractivity contribution in [2.24, 2.45) is 4.40 Å². The largest absolute Gasteiger partial charge is 0.465 e. The van der Waals surface area contributed by atoms with Crippen LogP contribution in [-0.2, 0) is 9.53 Å². The number of hydrogen-bond donors (Lipinski definition) is 0. The van der Waals surface area contributed by atoms with Crippen LogP contribution >= 0.6 is 11.9 Å². The van der Waals surface area contributed by atoms with Gasteiger partial charge in [0, 0.05) is 16.8 Å². The van der Waals surface area contributed by atoms with E-state index in [4.69, 9.17) is 0 Å². The molecule has 80 valence electrons. The molecule has 0 radical (unpaired) electrons. The molecule has 0 saturated heterocycles. The van der Waals surface area contributed by atoms with Crippen molar-refractivity contribution in [2.45, 2.75) is 18.7 Å². The summed E-state index contributed by atoms with van der Waals surface area (Å²) in [7, 11) is 1.35. The van der Waals surface area contributed by atoms with Crippen LogP contribution in [0, 0.1) is 6.92 Å². The molecular weight excluding hydrogens is 210 g/mol. The van der Waals surface area contributed by atoms with E-state index < -0.39 is 5.97 Å². The third-order valence-electron chi connectivity index (χ3n) is 1.79. The van der Waals surface area contributed by atoms with Crippen molar-refractivity contribution in [3.8, 4) is 0 Å². The molecule has 0 aliphatic carbocycles. The maximum Gasteiger partial charge on any atom is 0.352 e. The highest BCUT2D eigenvalue weighted by molar-refractivity contribution is 7.98. The molecule has 0 aliphatic heterocycles. The van der Waals surface area contributed by atoms with E-state index in [1.807, 2.05) is 31.2 Å². The molecule has 1 aromatic rings. The molecule has 0 atom stereocenters. The predicted molar refractivity (Wildman–Crippen MR) is 62.2 cm³/mol. The second kappa shape index (κ2) is 5.56. The zero-order valence-corrected chi connectivity index (χ0v) is 9.80. The van der Waals surface area contributed by atoms with Gasteiger partial charge in [0.1, 0.15) is 5.71 Å². The maximum absolute atomic E-state index is 11.0. The van der Waals surface area contributed by atoms with Crippen molar-refractivity contribution in [1.82, 2.24) is 0 Å². The molecule has 4 heteroatoms. The minimum Gasteiger partial charge on any atom is -0.465 e. The van der Waals surface area contributed by atoms with Gasteiger partial charge in [-0.15, -0.1) is 0 Å². The van der Waals surface area contributed by atoms with Gasteiger partial charge in [0.25, 0.3) is 0 Å². The van der Waals surface area contributed by atoms with E-state index in [1.165, 1.54) is 24.6 Å². The van der Waals surface area contributed by atoms with Gasteiger partial charge in [0.2, 0.25) is 0 Å². The summed E-state index contributed by atoms with van der Waals surface area (Å²) in [5, 5.41) is 0. The summed E-state index contributed by atoms with van der Waals surface area (Å²) in [5.41, 5.74) is 1.57. The number of benzene rings is 1. The third-order valence-corrected chi connectivity index (χ3v) is 2.64. The number of methoxy groups -OCH3 is 1. The number of nitrogens with zero attached hydrogens (tertiary/aromatic N) is 1. The van der Waals surface area contributed by atoms with Gasteiger partial charge in [-0.2, -0.15) is 0 Å². The summed E-state index contributed by atoms with van der Waals surface area (Å²) in [6, 6.07) is 7.94. The van der Waals surface area contributed by atoms with Crippen molar-refractivity contribution < 1.29 is 9.53 Å². The smallest absolute Gasteiger partial charge is 0.352 e. The zero-order valence-electron chi connectivity index (χ0n) is 8.98. The highest BCUT2D eigenvalue weighted by atomic mass is 32.2. The standard InChI is InChI=1S/C11H13NO2S/c1-8-4-6-10(7-5-8)15-12-9(2)11(13)14-3/h4-7H,1-3H3/b12-9+. The van der Waals surface area contributed by atoms with Gasteiger partial charge >= 0.3 is 5.97 Å². The van der Waals surface area contributed by atoms with Gasteiger partial charge in [-0.05, 0) is 26.0 Å². The van der Waals surface area contributed by atoms with Gasteiger partial charge in [0.15, 0.2) is 0 Å². The van der Waals surface area contributed by atoms with Gasteiger partial charge in [0.05, 0.1) is 7.11 Å². The first kappa shape index (κ1) is 11.8. The second-order valence-electron chi connectivity index (χ2n) is 3.07. The topological polar surface area (TPSA) is 38.7 Å². The molecule has 0 heterocycles. The molecule has 15 heavy (non-hydrogen) atoms. The van der Waals surface area contributed by atoms with Gasteiger partial charge < -0.3 is 4.74 Å². The zero-order chi connectivity index (χ0) is 11.3. The lowest BCUT2D eigenvalue weighted by Gasteiger charge is -1.98. The molecule has 0 bridgehead atoms. The predicted octanol–water partition coefficient (Wildman–Crippen LogP) is 2.64. The Kier molecular flexibility index (Phi) is 4.37. The molecule has 0 amide bonds. The first-order chi connectivity index (χ1) is 7.13. The fourth-order valence-corrected chi connectivity index (χ4v) is 1.48. The Morgan fingerprint density at radius 1 is 1.33 bits per heavy atom. The average molecular weight is 223 g/mol. The Hall–Kier alpha value is -1.29. The van der Waals surface area contributed by atoms with E-state index in [-0.39, 0.29) is 0 Å². The highest BCUT2D eigenvalue weighted by Crippen LogP contribution is 2.19. The minimum atomic E-state index is -0.394.